The van der Waals surface area contributed by atoms with E-state index in [2.05, 4.69) is 11.6 Å². The molecule has 2 nitrogen and oxygen atoms in total. The lowest BCUT2D eigenvalue weighted by molar-refractivity contribution is 0.186. The lowest BCUT2D eigenvalue weighted by Gasteiger charge is -2.13. The van der Waals surface area contributed by atoms with Gasteiger partial charge in [0.15, 0.2) is 0 Å². The maximum atomic E-state index is 9.07. The van der Waals surface area contributed by atoms with Gasteiger partial charge in [0.25, 0.3) is 0 Å². The number of rotatable bonds is 4. The van der Waals surface area contributed by atoms with E-state index in [9.17, 15) is 0 Å². The van der Waals surface area contributed by atoms with Crippen LogP contribution in [-0.4, -0.2) is 35.3 Å². The second-order valence-corrected chi connectivity index (χ2v) is 4.76. The molecule has 2 unspecified atom stereocenters. The van der Waals surface area contributed by atoms with Crippen LogP contribution >= 0.6 is 11.8 Å². The summed E-state index contributed by atoms with van der Waals surface area (Å²) in [6.45, 7) is 2.57. The Morgan fingerprint density at radius 2 is 2.33 bits per heavy atom. The van der Waals surface area contributed by atoms with Crippen LogP contribution in [0.5, 0.6) is 0 Å². The molecule has 1 fully saturated rings. The summed E-state index contributed by atoms with van der Waals surface area (Å²) >= 11 is 1.97. The molecule has 0 aromatic carbocycles. The summed E-state index contributed by atoms with van der Waals surface area (Å²) in [5.74, 6) is 0. The second kappa shape index (κ2) is 5.10. The van der Waals surface area contributed by atoms with Crippen LogP contribution in [0.2, 0.25) is 0 Å². The lowest BCUT2D eigenvalue weighted by Crippen LogP contribution is -2.32. The molecule has 0 saturated heterocycles. The lowest BCUT2D eigenvalue weighted by atomic mass is 10.2. The summed E-state index contributed by atoms with van der Waals surface area (Å²) in [4.78, 5) is 0. The monoisotopic (exact) mass is 189 g/mol. The summed E-state index contributed by atoms with van der Waals surface area (Å²) in [6.07, 6.45) is 5.85. The molecule has 1 rings (SSSR count). The van der Waals surface area contributed by atoms with Crippen LogP contribution in [0.1, 0.15) is 26.2 Å². The van der Waals surface area contributed by atoms with E-state index in [0.29, 0.717) is 6.04 Å². The Hall–Kier alpha value is 0.270. The second-order valence-electron chi connectivity index (χ2n) is 3.62. The molecule has 0 heterocycles. The largest absolute Gasteiger partial charge is 0.392 e. The number of aliphatic hydroxyl groups is 1. The molecule has 0 aromatic rings. The number of thioether (sulfide) groups is 1. The highest BCUT2D eigenvalue weighted by Gasteiger charge is 2.23. The van der Waals surface area contributed by atoms with Gasteiger partial charge in [-0.2, -0.15) is 11.8 Å². The molecule has 12 heavy (non-hydrogen) atoms. The van der Waals surface area contributed by atoms with Gasteiger partial charge in [0.2, 0.25) is 0 Å². The minimum Gasteiger partial charge on any atom is -0.392 e. The molecule has 1 aliphatic rings. The van der Waals surface area contributed by atoms with E-state index in [4.69, 9.17) is 5.11 Å². The molecular weight excluding hydrogens is 170 g/mol. The predicted molar refractivity (Wildman–Crippen MR) is 54.6 cm³/mol. The van der Waals surface area contributed by atoms with E-state index in [0.717, 1.165) is 11.8 Å². The summed E-state index contributed by atoms with van der Waals surface area (Å²) < 4.78 is 0. The summed E-state index contributed by atoms with van der Waals surface area (Å²) in [5, 5.41) is 13.3. The van der Waals surface area contributed by atoms with E-state index in [-0.39, 0.29) is 6.10 Å². The van der Waals surface area contributed by atoms with E-state index < -0.39 is 0 Å². The fraction of sp³-hybridized carbons (Fsp3) is 1.00. The number of nitrogens with one attached hydrogen (secondary N) is 1. The molecule has 0 radical (unpaired) electrons. The highest BCUT2D eigenvalue weighted by atomic mass is 32.2. The molecule has 0 amide bonds. The van der Waals surface area contributed by atoms with Crippen molar-refractivity contribution in [2.75, 3.05) is 12.8 Å². The first-order chi connectivity index (χ1) is 5.72. The first-order valence-corrected chi connectivity index (χ1v) is 5.95. The van der Waals surface area contributed by atoms with Crippen molar-refractivity contribution < 1.29 is 5.11 Å². The molecular formula is C9H19NOS. The first-order valence-electron chi connectivity index (χ1n) is 4.66. The Balaban J connectivity index is 2.11. The van der Waals surface area contributed by atoms with Crippen molar-refractivity contribution in [2.24, 2.45) is 0 Å². The van der Waals surface area contributed by atoms with Gasteiger partial charge in [-0.25, -0.2) is 0 Å². The van der Waals surface area contributed by atoms with Gasteiger partial charge in [-0.3, -0.25) is 0 Å². The van der Waals surface area contributed by atoms with Gasteiger partial charge in [0, 0.05) is 17.8 Å². The van der Waals surface area contributed by atoms with Gasteiger partial charge in [0.05, 0.1) is 6.10 Å². The fourth-order valence-corrected chi connectivity index (χ4v) is 2.47. The Labute approximate surface area is 79.1 Å². The van der Waals surface area contributed by atoms with Crippen LogP contribution in [-0.2, 0) is 0 Å². The van der Waals surface area contributed by atoms with Crippen molar-refractivity contribution in [1.29, 1.82) is 0 Å². The minimum absolute atomic E-state index is 0.210. The highest BCUT2D eigenvalue weighted by Crippen LogP contribution is 2.27. The van der Waals surface area contributed by atoms with Gasteiger partial charge >= 0.3 is 0 Å². The van der Waals surface area contributed by atoms with Gasteiger partial charge < -0.3 is 10.4 Å². The van der Waals surface area contributed by atoms with Gasteiger partial charge in [-0.05, 0) is 32.4 Å². The van der Waals surface area contributed by atoms with Crippen molar-refractivity contribution in [3.8, 4) is 0 Å². The van der Waals surface area contributed by atoms with Crippen molar-refractivity contribution in [2.45, 2.75) is 43.6 Å². The van der Waals surface area contributed by atoms with Gasteiger partial charge in [0.1, 0.15) is 0 Å². The molecule has 0 aromatic heterocycles. The van der Waals surface area contributed by atoms with Crippen LogP contribution in [0.4, 0.5) is 0 Å². The average molecular weight is 189 g/mol. The normalized spacial score (nSPS) is 32.2. The molecule has 72 valence electrons. The smallest absolute Gasteiger partial charge is 0.0636 e. The van der Waals surface area contributed by atoms with Crippen LogP contribution in [0.3, 0.4) is 0 Å². The van der Waals surface area contributed by atoms with Crippen molar-refractivity contribution in [3.05, 3.63) is 0 Å². The van der Waals surface area contributed by atoms with Crippen LogP contribution in [0.25, 0.3) is 0 Å². The highest BCUT2D eigenvalue weighted by molar-refractivity contribution is 7.99. The van der Waals surface area contributed by atoms with E-state index in [1.165, 1.54) is 19.3 Å². The molecule has 0 aliphatic heterocycles. The standard InChI is InChI=1S/C9H19NOS/c1-7(11)6-10-8-3-4-9(5-8)12-2/h7-11H,3-6H2,1-2H3/t7-,8?,9?/m0/s1. The SMILES string of the molecule is CSC1CCC(NC[C@H](C)O)C1. The Bertz CT molecular complexity index is 130. The third-order valence-corrected chi connectivity index (χ3v) is 3.51. The average Bonchev–Trinajstić information content (AvgIpc) is 2.48. The Kier molecular flexibility index (Phi) is 4.40. The van der Waals surface area contributed by atoms with E-state index in [1.54, 1.807) is 0 Å². The van der Waals surface area contributed by atoms with E-state index >= 15 is 0 Å². The van der Waals surface area contributed by atoms with Crippen molar-refractivity contribution in [3.63, 3.8) is 0 Å². The van der Waals surface area contributed by atoms with Crippen molar-refractivity contribution in [1.82, 2.24) is 5.32 Å². The molecule has 0 spiro atoms. The zero-order valence-corrected chi connectivity index (χ0v) is 8.73. The Morgan fingerprint density at radius 3 is 2.83 bits per heavy atom. The molecule has 3 heteroatoms. The van der Waals surface area contributed by atoms with Gasteiger partial charge in [-0.1, -0.05) is 0 Å². The van der Waals surface area contributed by atoms with Gasteiger partial charge in [-0.15, -0.1) is 0 Å². The zero-order valence-electron chi connectivity index (χ0n) is 7.92. The maximum absolute atomic E-state index is 9.07. The van der Waals surface area contributed by atoms with Crippen LogP contribution in [0, 0.1) is 0 Å². The topological polar surface area (TPSA) is 32.3 Å². The minimum atomic E-state index is -0.210. The summed E-state index contributed by atoms with van der Waals surface area (Å²) in [7, 11) is 0. The number of aliphatic hydroxyl groups excluding tert-OH is 1. The van der Waals surface area contributed by atoms with E-state index in [1.807, 2.05) is 18.7 Å². The molecule has 1 saturated carbocycles. The number of hydrogen-bond acceptors (Lipinski definition) is 3. The predicted octanol–water partition coefficient (Wildman–Crippen LogP) is 1.24. The Morgan fingerprint density at radius 1 is 1.58 bits per heavy atom. The number of hydrogen-bond donors (Lipinski definition) is 2. The molecule has 0 bridgehead atoms. The molecule has 1 aliphatic carbocycles. The third kappa shape index (κ3) is 3.33. The van der Waals surface area contributed by atoms with Crippen LogP contribution in [0.15, 0.2) is 0 Å². The third-order valence-electron chi connectivity index (χ3n) is 2.42. The molecule has 2 N–H and O–H groups in total. The fourth-order valence-electron chi connectivity index (χ4n) is 1.68. The first kappa shape index (κ1) is 10.4. The summed E-state index contributed by atoms with van der Waals surface area (Å²) in [5.41, 5.74) is 0. The zero-order chi connectivity index (χ0) is 8.97. The van der Waals surface area contributed by atoms with Crippen molar-refractivity contribution >= 4 is 11.8 Å². The quantitative estimate of drug-likeness (QED) is 0.698. The molecule has 3 atom stereocenters. The maximum Gasteiger partial charge on any atom is 0.0636 e. The summed E-state index contributed by atoms with van der Waals surface area (Å²) in [6, 6.07) is 0.650. The van der Waals surface area contributed by atoms with Crippen LogP contribution < -0.4 is 5.32 Å².